The van der Waals surface area contributed by atoms with Gasteiger partial charge in [0.2, 0.25) is 10.0 Å². The SMILES string of the molecule is CCC(C(N)=S)S(=O)(=O)Nc1cc(C)ccc1Br. The Bertz CT molecular complexity index is 558. The lowest BCUT2D eigenvalue weighted by Crippen LogP contribution is -2.37. The summed E-state index contributed by atoms with van der Waals surface area (Å²) in [5.74, 6) is 0. The molecule has 0 aromatic heterocycles. The van der Waals surface area contributed by atoms with Crippen LogP contribution in [0.25, 0.3) is 0 Å². The van der Waals surface area contributed by atoms with Gasteiger partial charge in [-0.3, -0.25) is 4.72 Å². The van der Waals surface area contributed by atoms with Crippen LogP contribution in [0.3, 0.4) is 0 Å². The van der Waals surface area contributed by atoms with E-state index in [1.807, 2.05) is 13.0 Å². The number of hydrogen-bond acceptors (Lipinski definition) is 3. The van der Waals surface area contributed by atoms with E-state index in [1.54, 1.807) is 19.1 Å². The lowest BCUT2D eigenvalue weighted by atomic mass is 10.2. The Morgan fingerprint density at radius 3 is 2.67 bits per heavy atom. The van der Waals surface area contributed by atoms with E-state index >= 15 is 0 Å². The summed E-state index contributed by atoms with van der Waals surface area (Å²) >= 11 is 8.09. The number of benzene rings is 1. The van der Waals surface area contributed by atoms with Gasteiger partial charge in [-0.15, -0.1) is 0 Å². The van der Waals surface area contributed by atoms with Crippen LogP contribution in [0.4, 0.5) is 5.69 Å². The van der Waals surface area contributed by atoms with Crippen LogP contribution in [-0.2, 0) is 10.0 Å². The van der Waals surface area contributed by atoms with Gasteiger partial charge in [-0.1, -0.05) is 25.2 Å². The summed E-state index contributed by atoms with van der Waals surface area (Å²) in [6, 6.07) is 5.41. The molecule has 0 aliphatic carbocycles. The molecular formula is C11H15BrN2O2S2. The Morgan fingerprint density at radius 1 is 1.56 bits per heavy atom. The van der Waals surface area contributed by atoms with Crippen molar-refractivity contribution in [2.75, 3.05) is 4.72 Å². The monoisotopic (exact) mass is 350 g/mol. The number of rotatable bonds is 5. The first-order chi connectivity index (χ1) is 8.27. The van der Waals surface area contributed by atoms with Gasteiger partial charge in [0.15, 0.2) is 0 Å². The van der Waals surface area contributed by atoms with Crippen molar-refractivity contribution in [3.63, 3.8) is 0 Å². The third kappa shape index (κ3) is 3.66. The van der Waals surface area contributed by atoms with Crippen molar-refractivity contribution in [3.8, 4) is 0 Å². The normalized spacial score (nSPS) is 13.1. The van der Waals surface area contributed by atoms with Crippen molar-refractivity contribution in [3.05, 3.63) is 28.2 Å². The van der Waals surface area contributed by atoms with Gasteiger partial charge in [-0.2, -0.15) is 0 Å². The average Bonchev–Trinajstić information content (AvgIpc) is 2.22. The Labute approximate surface area is 121 Å². The molecule has 3 N–H and O–H groups in total. The molecule has 0 fully saturated rings. The van der Waals surface area contributed by atoms with Crippen molar-refractivity contribution >= 4 is 48.8 Å². The summed E-state index contributed by atoms with van der Waals surface area (Å²) < 4.78 is 27.5. The maximum Gasteiger partial charge on any atom is 0.242 e. The maximum atomic E-state index is 12.1. The van der Waals surface area contributed by atoms with E-state index < -0.39 is 15.3 Å². The highest BCUT2D eigenvalue weighted by Crippen LogP contribution is 2.25. The molecule has 0 saturated carbocycles. The maximum absolute atomic E-state index is 12.1. The van der Waals surface area contributed by atoms with Gasteiger partial charge in [-0.05, 0) is 47.0 Å². The molecule has 0 aliphatic rings. The summed E-state index contributed by atoms with van der Waals surface area (Å²) in [6.07, 6.45) is 0.341. The van der Waals surface area contributed by atoms with Crippen LogP contribution in [-0.4, -0.2) is 18.7 Å². The van der Waals surface area contributed by atoms with Crippen LogP contribution >= 0.6 is 28.1 Å². The molecule has 0 amide bonds. The molecule has 4 nitrogen and oxygen atoms in total. The smallest absolute Gasteiger partial charge is 0.242 e. The fraction of sp³-hybridized carbons (Fsp3) is 0.364. The van der Waals surface area contributed by atoms with Gasteiger partial charge in [-0.25, -0.2) is 8.42 Å². The summed E-state index contributed by atoms with van der Waals surface area (Å²) in [7, 11) is -3.61. The Morgan fingerprint density at radius 2 is 2.17 bits per heavy atom. The molecule has 1 atom stereocenters. The van der Waals surface area contributed by atoms with E-state index in [0.29, 0.717) is 16.6 Å². The lowest BCUT2D eigenvalue weighted by Gasteiger charge is -2.17. The second-order valence-corrected chi connectivity index (χ2v) is 7.12. The van der Waals surface area contributed by atoms with Crippen LogP contribution in [0.2, 0.25) is 0 Å². The van der Waals surface area contributed by atoms with Crippen molar-refractivity contribution in [1.29, 1.82) is 0 Å². The second kappa shape index (κ2) is 5.99. The number of aryl methyl sites for hydroxylation is 1. The number of thiocarbonyl (C=S) groups is 1. The first kappa shape index (κ1) is 15.4. The number of halogens is 1. The van der Waals surface area contributed by atoms with Gasteiger partial charge < -0.3 is 5.73 Å². The molecule has 0 saturated heterocycles. The zero-order chi connectivity index (χ0) is 13.9. The largest absolute Gasteiger partial charge is 0.392 e. The molecule has 0 radical (unpaired) electrons. The lowest BCUT2D eigenvalue weighted by molar-refractivity contribution is 0.594. The standard InChI is InChI=1S/C11H15BrN2O2S2/c1-3-10(11(13)17)18(15,16)14-9-6-7(2)4-5-8(9)12/h4-6,10,14H,3H2,1-2H3,(H2,13,17). The van der Waals surface area contributed by atoms with Crippen LogP contribution in [0.15, 0.2) is 22.7 Å². The Kier molecular flexibility index (Phi) is 5.12. The Balaban J connectivity index is 3.09. The van der Waals surface area contributed by atoms with Crippen LogP contribution in [0.1, 0.15) is 18.9 Å². The van der Waals surface area contributed by atoms with Crippen LogP contribution in [0, 0.1) is 6.92 Å². The van der Waals surface area contributed by atoms with Crippen molar-refractivity contribution in [1.82, 2.24) is 0 Å². The van der Waals surface area contributed by atoms with E-state index in [1.165, 1.54) is 0 Å². The summed E-state index contributed by atoms with van der Waals surface area (Å²) in [5.41, 5.74) is 6.90. The third-order valence-electron chi connectivity index (χ3n) is 2.44. The highest BCUT2D eigenvalue weighted by Gasteiger charge is 2.26. The number of nitrogens with one attached hydrogen (secondary N) is 1. The van der Waals surface area contributed by atoms with Gasteiger partial charge in [0.25, 0.3) is 0 Å². The average molecular weight is 351 g/mol. The van der Waals surface area contributed by atoms with Crippen molar-refractivity contribution < 1.29 is 8.42 Å². The fourth-order valence-corrected chi connectivity index (χ4v) is 3.90. The molecule has 18 heavy (non-hydrogen) atoms. The van der Waals surface area contributed by atoms with Gasteiger partial charge in [0.05, 0.1) is 10.7 Å². The molecule has 1 aromatic rings. The van der Waals surface area contributed by atoms with Gasteiger partial charge in [0.1, 0.15) is 5.25 Å². The highest BCUT2D eigenvalue weighted by atomic mass is 79.9. The van der Waals surface area contributed by atoms with Crippen LogP contribution in [0.5, 0.6) is 0 Å². The first-order valence-corrected chi connectivity index (χ1v) is 8.09. The molecule has 0 bridgehead atoms. The molecule has 0 heterocycles. The minimum atomic E-state index is -3.61. The minimum absolute atomic E-state index is 0.0197. The van der Waals surface area contributed by atoms with Gasteiger partial charge in [0, 0.05) is 4.47 Å². The number of nitrogens with two attached hydrogens (primary N) is 1. The fourth-order valence-electron chi connectivity index (χ4n) is 1.52. The molecule has 100 valence electrons. The molecule has 0 aliphatic heterocycles. The van der Waals surface area contributed by atoms with Crippen molar-refractivity contribution in [2.24, 2.45) is 5.73 Å². The van der Waals surface area contributed by atoms with E-state index in [9.17, 15) is 8.42 Å². The molecule has 7 heteroatoms. The Hall–Kier alpha value is -0.660. The predicted molar refractivity (Wildman–Crippen MR) is 82.3 cm³/mol. The summed E-state index contributed by atoms with van der Waals surface area (Å²) in [5, 5.41) is -0.861. The third-order valence-corrected chi connectivity index (χ3v) is 5.40. The first-order valence-electron chi connectivity index (χ1n) is 5.35. The minimum Gasteiger partial charge on any atom is -0.392 e. The summed E-state index contributed by atoms with van der Waals surface area (Å²) in [6.45, 7) is 3.61. The number of anilines is 1. The molecule has 1 aromatic carbocycles. The molecule has 1 rings (SSSR count). The molecule has 0 spiro atoms. The zero-order valence-corrected chi connectivity index (χ0v) is 13.3. The topological polar surface area (TPSA) is 72.2 Å². The van der Waals surface area contributed by atoms with E-state index in [-0.39, 0.29) is 4.99 Å². The van der Waals surface area contributed by atoms with Crippen molar-refractivity contribution in [2.45, 2.75) is 25.5 Å². The van der Waals surface area contributed by atoms with Gasteiger partial charge >= 0.3 is 0 Å². The van der Waals surface area contributed by atoms with Crippen LogP contribution < -0.4 is 10.5 Å². The quantitative estimate of drug-likeness (QED) is 0.800. The van der Waals surface area contributed by atoms with E-state index in [2.05, 4.69) is 20.7 Å². The highest BCUT2D eigenvalue weighted by molar-refractivity contribution is 9.10. The predicted octanol–water partition coefficient (Wildman–Crippen LogP) is 2.56. The van der Waals surface area contributed by atoms with E-state index in [0.717, 1.165) is 5.56 Å². The molecular weight excluding hydrogens is 336 g/mol. The molecule has 1 unspecified atom stereocenters. The number of sulfonamides is 1. The summed E-state index contributed by atoms with van der Waals surface area (Å²) in [4.78, 5) is -0.0197. The van der Waals surface area contributed by atoms with E-state index in [4.69, 9.17) is 18.0 Å². The number of hydrogen-bond donors (Lipinski definition) is 2. The zero-order valence-electron chi connectivity index (χ0n) is 10.1. The second-order valence-electron chi connectivity index (χ2n) is 3.93.